The van der Waals surface area contributed by atoms with Gasteiger partial charge in [-0.25, -0.2) is 0 Å². The van der Waals surface area contributed by atoms with Crippen molar-refractivity contribution in [3.8, 4) is 11.5 Å². The lowest BCUT2D eigenvalue weighted by molar-refractivity contribution is -0.133. The molecular weight excluding hydrogens is 355 g/mol. The van der Waals surface area contributed by atoms with Crippen LogP contribution in [0.1, 0.15) is 0 Å². The molecule has 2 aromatic carbocycles. The Morgan fingerprint density at radius 2 is 1.54 bits per heavy atom. The molecule has 2 N–H and O–H groups in total. The van der Waals surface area contributed by atoms with Crippen molar-refractivity contribution in [2.24, 2.45) is 0 Å². The number of hydrogen-bond donors (Lipinski definition) is 2. The molecule has 0 aliphatic carbocycles. The highest BCUT2D eigenvalue weighted by Crippen LogP contribution is 2.29. The fourth-order valence-corrected chi connectivity index (χ4v) is 2.19. The number of benzene rings is 2. The van der Waals surface area contributed by atoms with Gasteiger partial charge in [0.2, 0.25) is 0 Å². The molecule has 0 atom stereocenters. The first-order valence-corrected chi connectivity index (χ1v) is 7.49. The Balaban J connectivity index is 2.12. The van der Waals surface area contributed by atoms with Crippen LogP contribution >= 0.6 is 23.2 Å². The van der Waals surface area contributed by atoms with Crippen molar-refractivity contribution < 1.29 is 19.1 Å². The number of anilines is 2. The molecule has 0 spiro atoms. The van der Waals surface area contributed by atoms with Crippen LogP contribution in [0.5, 0.6) is 11.5 Å². The third-order valence-corrected chi connectivity index (χ3v) is 3.60. The van der Waals surface area contributed by atoms with E-state index in [1.807, 2.05) is 0 Å². The monoisotopic (exact) mass is 368 g/mol. The molecule has 0 aliphatic rings. The standard InChI is InChI=1S/C16H14Cl2N2O4/c1-23-10-4-6-12(14(8-10)24-2)19-15(21)16(22)20-13-7-9(17)3-5-11(13)18/h3-8H,1-2H3,(H,19,21)(H,20,22). The summed E-state index contributed by atoms with van der Waals surface area (Å²) in [4.78, 5) is 24.1. The molecule has 0 radical (unpaired) electrons. The van der Waals surface area contributed by atoms with E-state index < -0.39 is 11.8 Å². The first-order valence-electron chi connectivity index (χ1n) is 6.74. The summed E-state index contributed by atoms with van der Waals surface area (Å²) in [5.41, 5.74) is 0.571. The zero-order valence-electron chi connectivity index (χ0n) is 12.9. The zero-order chi connectivity index (χ0) is 17.7. The van der Waals surface area contributed by atoms with Crippen LogP contribution in [0.4, 0.5) is 11.4 Å². The molecule has 0 bridgehead atoms. The molecule has 2 amide bonds. The van der Waals surface area contributed by atoms with E-state index in [0.29, 0.717) is 22.2 Å². The van der Waals surface area contributed by atoms with Gasteiger partial charge in [-0.3, -0.25) is 9.59 Å². The lowest BCUT2D eigenvalue weighted by Gasteiger charge is -2.12. The molecular formula is C16H14Cl2N2O4. The second-order valence-corrected chi connectivity index (χ2v) is 5.44. The highest BCUT2D eigenvalue weighted by atomic mass is 35.5. The van der Waals surface area contributed by atoms with E-state index >= 15 is 0 Å². The maximum Gasteiger partial charge on any atom is 0.314 e. The summed E-state index contributed by atoms with van der Waals surface area (Å²) in [6.45, 7) is 0. The van der Waals surface area contributed by atoms with E-state index in [0.717, 1.165) is 0 Å². The Labute approximate surface area is 148 Å². The highest BCUT2D eigenvalue weighted by Gasteiger charge is 2.17. The molecule has 126 valence electrons. The van der Waals surface area contributed by atoms with Gasteiger partial charge in [-0.05, 0) is 30.3 Å². The summed E-state index contributed by atoms with van der Waals surface area (Å²) in [5.74, 6) is -0.858. The zero-order valence-corrected chi connectivity index (χ0v) is 14.4. The van der Waals surface area contributed by atoms with Gasteiger partial charge in [-0.15, -0.1) is 0 Å². The molecule has 0 unspecified atom stereocenters. The Morgan fingerprint density at radius 1 is 0.875 bits per heavy atom. The molecule has 0 saturated carbocycles. The minimum atomic E-state index is -0.892. The van der Waals surface area contributed by atoms with E-state index in [1.54, 1.807) is 24.3 Å². The van der Waals surface area contributed by atoms with Gasteiger partial charge in [0.1, 0.15) is 11.5 Å². The third kappa shape index (κ3) is 4.31. The van der Waals surface area contributed by atoms with E-state index in [9.17, 15) is 9.59 Å². The number of rotatable bonds is 4. The van der Waals surface area contributed by atoms with Crippen LogP contribution in [0, 0.1) is 0 Å². The summed E-state index contributed by atoms with van der Waals surface area (Å²) in [7, 11) is 2.95. The number of ether oxygens (including phenoxy) is 2. The van der Waals surface area contributed by atoms with Crippen molar-refractivity contribution in [2.45, 2.75) is 0 Å². The fourth-order valence-electron chi connectivity index (χ4n) is 1.85. The van der Waals surface area contributed by atoms with Crippen LogP contribution in [-0.4, -0.2) is 26.0 Å². The Hall–Kier alpha value is -2.44. The predicted molar refractivity (Wildman–Crippen MR) is 93.3 cm³/mol. The molecule has 0 heterocycles. The number of carbonyl (C=O) groups is 2. The van der Waals surface area contributed by atoms with Gasteiger partial charge in [-0.2, -0.15) is 0 Å². The maximum absolute atomic E-state index is 12.0. The second-order valence-electron chi connectivity index (χ2n) is 4.60. The van der Waals surface area contributed by atoms with Gasteiger partial charge >= 0.3 is 11.8 Å². The van der Waals surface area contributed by atoms with Crippen LogP contribution in [0.25, 0.3) is 0 Å². The Kier molecular flexibility index (Phi) is 5.89. The molecule has 6 nitrogen and oxygen atoms in total. The smallest absolute Gasteiger partial charge is 0.314 e. The number of nitrogens with one attached hydrogen (secondary N) is 2. The molecule has 0 saturated heterocycles. The number of methoxy groups -OCH3 is 2. The summed E-state index contributed by atoms with van der Waals surface area (Å²) >= 11 is 11.8. The van der Waals surface area contributed by atoms with Crippen molar-refractivity contribution in [1.29, 1.82) is 0 Å². The number of halogens is 2. The molecule has 2 aromatic rings. The van der Waals surface area contributed by atoms with Crippen molar-refractivity contribution in [3.63, 3.8) is 0 Å². The van der Waals surface area contributed by atoms with Gasteiger partial charge < -0.3 is 20.1 Å². The average molecular weight is 369 g/mol. The number of carbonyl (C=O) groups excluding carboxylic acids is 2. The molecule has 2 rings (SSSR count). The number of hydrogen-bond acceptors (Lipinski definition) is 4. The second kappa shape index (κ2) is 7.90. The summed E-state index contributed by atoms with van der Waals surface area (Å²) < 4.78 is 10.2. The molecule has 24 heavy (non-hydrogen) atoms. The summed E-state index contributed by atoms with van der Waals surface area (Å²) in [5, 5.41) is 5.51. The van der Waals surface area contributed by atoms with E-state index in [4.69, 9.17) is 32.7 Å². The van der Waals surface area contributed by atoms with Crippen molar-refractivity contribution in [3.05, 3.63) is 46.4 Å². The van der Waals surface area contributed by atoms with Crippen LogP contribution in [0.2, 0.25) is 10.0 Å². The first-order chi connectivity index (χ1) is 11.4. The van der Waals surface area contributed by atoms with Crippen molar-refractivity contribution in [1.82, 2.24) is 0 Å². The van der Waals surface area contributed by atoms with Crippen LogP contribution in [-0.2, 0) is 9.59 Å². The van der Waals surface area contributed by atoms with E-state index in [1.165, 1.54) is 26.4 Å². The average Bonchev–Trinajstić information content (AvgIpc) is 2.58. The lowest BCUT2D eigenvalue weighted by atomic mass is 10.2. The third-order valence-electron chi connectivity index (χ3n) is 3.04. The maximum atomic E-state index is 12.0. The van der Waals surface area contributed by atoms with Gasteiger partial charge in [0.05, 0.1) is 30.6 Å². The molecule has 0 aliphatic heterocycles. The lowest BCUT2D eigenvalue weighted by Crippen LogP contribution is -2.29. The summed E-state index contributed by atoms with van der Waals surface area (Å²) in [6, 6.07) is 9.31. The number of amides is 2. The van der Waals surface area contributed by atoms with Crippen LogP contribution in [0.3, 0.4) is 0 Å². The molecule has 8 heteroatoms. The van der Waals surface area contributed by atoms with Gasteiger partial charge in [0.25, 0.3) is 0 Å². The topological polar surface area (TPSA) is 76.7 Å². The quantitative estimate of drug-likeness (QED) is 0.808. The first kappa shape index (κ1) is 17.9. The Bertz CT molecular complexity index is 781. The van der Waals surface area contributed by atoms with Crippen molar-refractivity contribution in [2.75, 3.05) is 24.9 Å². The van der Waals surface area contributed by atoms with Crippen molar-refractivity contribution >= 4 is 46.4 Å². The molecule has 0 fully saturated rings. The fraction of sp³-hybridized carbons (Fsp3) is 0.125. The van der Waals surface area contributed by atoms with Crippen LogP contribution in [0.15, 0.2) is 36.4 Å². The van der Waals surface area contributed by atoms with Gasteiger partial charge in [0.15, 0.2) is 0 Å². The van der Waals surface area contributed by atoms with E-state index in [-0.39, 0.29) is 10.7 Å². The molecule has 0 aromatic heterocycles. The van der Waals surface area contributed by atoms with Crippen LogP contribution < -0.4 is 20.1 Å². The predicted octanol–water partition coefficient (Wildman–Crippen LogP) is 3.59. The summed E-state index contributed by atoms with van der Waals surface area (Å²) in [6.07, 6.45) is 0. The normalized spacial score (nSPS) is 10.0. The minimum absolute atomic E-state index is 0.242. The van der Waals surface area contributed by atoms with E-state index in [2.05, 4.69) is 10.6 Å². The van der Waals surface area contributed by atoms with Gasteiger partial charge in [0, 0.05) is 11.1 Å². The SMILES string of the molecule is COc1ccc(NC(=O)C(=O)Nc2cc(Cl)ccc2Cl)c(OC)c1. The Morgan fingerprint density at radius 3 is 2.17 bits per heavy atom. The highest BCUT2D eigenvalue weighted by molar-refractivity contribution is 6.45. The largest absolute Gasteiger partial charge is 0.497 e. The minimum Gasteiger partial charge on any atom is -0.497 e. The van der Waals surface area contributed by atoms with Gasteiger partial charge in [-0.1, -0.05) is 23.2 Å².